The highest BCUT2D eigenvalue weighted by Crippen LogP contribution is 2.22. The summed E-state index contributed by atoms with van der Waals surface area (Å²) < 4.78 is 32.5. The van der Waals surface area contributed by atoms with E-state index in [-0.39, 0.29) is 12.6 Å². The number of nitrogens with zero attached hydrogens (tertiary/aromatic N) is 1. The van der Waals surface area contributed by atoms with Crippen molar-refractivity contribution in [3.05, 3.63) is 70.1 Å². The molecule has 1 atom stereocenters. The van der Waals surface area contributed by atoms with Crippen LogP contribution >= 0.6 is 11.6 Å². The second kappa shape index (κ2) is 9.19. The molecule has 5 nitrogen and oxygen atoms in total. The maximum atomic E-state index is 12.3. The molecule has 0 radical (unpaired) electrons. The summed E-state index contributed by atoms with van der Waals surface area (Å²) in [5.74, 6) is 0.736. The molecule has 7 heteroatoms. The van der Waals surface area contributed by atoms with Crippen molar-refractivity contribution in [2.75, 3.05) is 27.7 Å². The summed E-state index contributed by atoms with van der Waals surface area (Å²) in [6, 6.07) is 14.4. The van der Waals surface area contributed by atoms with Gasteiger partial charge in [0.1, 0.15) is 5.75 Å². The van der Waals surface area contributed by atoms with Gasteiger partial charge in [0.25, 0.3) is 0 Å². The van der Waals surface area contributed by atoms with Gasteiger partial charge >= 0.3 is 0 Å². The predicted octanol–water partition coefficient (Wildman–Crippen LogP) is 3.54. The summed E-state index contributed by atoms with van der Waals surface area (Å²) >= 11 is 5.83. The molecule has 0 fully saturated rings. The van der Waals surface area contributed by atoms with Crippen molar-refractivity contribution in [3.63, 3.8) is 0 Å². The molecular formula is C19H23ClN2O3S. The molecule has 1 N–H and O–H groups in total. The number of hydrogen-bond acceptors (Lipinski definition) is 4. The minimum atomic E-state index is -3.56. The first-order valence-electron chi connectivity index (χ1n) is 8.04. The number of benzene rings is 2. The van der Waals surface area contributed by atoms with Crippen LogP contribution in [0.3, 0.4) is 0 Å². The Labute approximate surface area is 160 Å². The fraction of sp³-hybridized carbons (Fsp3) is 0.263. The monoisotopic (exact) mass is 394 g/mol. The highest BCUT2D eigenvalue weighted by molar-refractivity contribution is 7.92. The third-order valence-corrected chi connectivity index (χ3v) is 5.20. The summed E-state index contributed by atoms with van der Waals surface area (Å²) in [4.78, 5) is 1.96. The first-order valence-corrected chi connectivity index (χ1v) is 9.97. The van der Waals surface area contributed by atoms with E-state index in [1.807, 2.05) is 43.3 Å². The van der Waals surface area contributed by atoms with Crippen LogP contribution in [0.5, 0.6) is 5.75 Å². The standard InChI is InChI=1S/C19H23ClN2O3S/c1-22(2)19(16-5-4-6-18(13-16)25-3)14-21-26(23,24)12-11-15-7-9-17(20)10-8-15/h4-13,19,21H,14H2,1-3H3/b12-11+. The van der Waals surface area contributed by atoms with Crippen molar-refractivity contribution in [1.82, 2.24) is 9.62 Å². The van der Waals surface area contributed by atoms with Crippen LogP contribution in [0.4, 0.5) is 0 Å². The third-order valence-electron chi connectivity index (χ3n) is 3.89. The minimum absolute atomic E-state index is 0.121. The van der Waals surface area contributed by atoms with Crippen LogP contribution in [0.25, 0.3) is 6.08 Å². The Morgan fingerprint density at radius 3 is 2.50 bits per heavy atom. The average molecular weight is 395 g/mol. The Hall–Kier alpha value is -1.86. The smallest absolute Gasteiger partial charge is 0.233 e. The fourth-order valence-corrected chi connectivity index (χ4v) is 3.38. The molecule has 0 aliphatic rings. The van der Waals surface area contributed by atoms with Gasteiger partial charge < -0.3 is 9.64 Å². The van der Waals surface area contributed by atoms with Gasteiger partial charge in [0.2, 0.25) is 10.0 Å². The Kier molecular flexibility index (Phi) is 7.23. The van der Waals surface area contributed by atoms with Crippen molar-refractivity contribution in [2.24, 2.45) is 0 Å². The van der Waals surface area contributed by atoms with E-state index in [1.165, 1.54) is 6.08 Å². The molecule has 2 aromatic rings. The number of nitrogens with one attached hydrogen (secondary N) is 1. The normalized spacial score (nSPS) is 13.3. The van der Waals surface area contributed by atoms with E-state index >= 15 is 0 Å². The number of hydrogen-bond donors (Lipinski definition) is 1. The first-order chi connectivity index (χ1) is 12.3. The number of methoxy groups -OCH3 is 1. The summed E-state index contributed by atoms with van der Waals surface area (Å²) in [5, 5.41) is 1.77. The zero-order valence-corrected chi connectivity index (χ0v) is 16.6. The molecule has 0 saturated carbocycles. The van der Waals surface area contributed by atoms with E-state index in [2.05, 4.69) is 4.72 Å². The van der Waals surface area contributed by atoms with Gasteiger partial charge in [0.05, 0.1) is 7.11 Å². The molecule has 2 aromatic carbocycles. The largest absolute Gasteiger partial charge is 0.497 e. The lowest BCUT2D eigenvalue weighted by Gasteiger charge is -2.25. The van der Waals surface area contributed by atoms with Crippen molar-refractivity contribution < 1.29 is 13.2 Å². The molecule has 140 valence electrons. The van der Waals surface area contributed by atoms with Gasteiger partial charge in [-0.3, -0.25) is 0 Å². The van der Waals surface area contributed by atoms with Crippen LogP contribution in [0.1, 0.15) is 17.2 Å². The lowest BCUT2D eigenvalue weighted by Crippen LogP contribution is -2.33. The Morgan fingerprint density at radius 1 is 1.19 bits per heavy atom. The van der Waals surface area contributed by atoms with Gasteiger partial charge in [-0.15, -0.1) is 0 Å². The topological polar surface area (TPSA) is 58.6 Å². The second-order valence-electron chi connectivity index (χ2n) is 6.00. The second-order valence-corrected chi connectivity index (χ2v) is 8.09. The molecule has 0 bridgehead atoms. The maximum Gasteiger partial charge on any atom is 0.233 e. The van der Waals surface area contributed by atoms with E-state index in [1.54, 1.807) is 31.4 Å². The van der Waals surface area contributed by atoms with Crippen LogP contribution in [-0.2, 0) is 10.0 Å². The van der Waals surface area contributed by atoms with Crippen LogP contribution < -0.4 is 9.46 Å². The summed E-state index contributed by atoms with van der Waals surface area (Å²) in [6.07, 6.45) is 1.54. The van der Waals surface area contributed by atoms with Gasteiger partial charge in [-0.2, -0.15) is 0 Å². The van der Waals surface area contributed by atoms with Crippen LogP contribution in [0.2, 0.25) is 5.02 Å². The summed E-state index contributed by atoms with van der Waals surface area (Å²) in [5.41, 5.74) is 1.73. The first kappa shape index (κ1) is 20.5. The molecule has 0 aliphatic carbocycles. The van der Waals surface area contributed by atoms with Crippen LogP contribution in [0.15, 0.2) is 53.9 Å². The highest BCUT2D eigenvalue weighted by atomic mass is 35.5. The fourth-order valence-electron chi connectivity index (χ4n) is 2.43. The van der Waals surface area contributed by atoms with Crippen LogP contribution in [-0.4, -0.2) is 41.1 Å². The van der Waals surface area contributed by atoms with Crippen molar-refractivity contribution >= 4 is 27.7 Å². The van der Waals surface area contributed by atoms with E-state index < -0.39 is 10.0 Å². The molecule has 0 saturated heterocycles. The zero-order chi connectivity index (χ0) is 19.2. The lowest BCUT2D eigenvalue weighted by atomic mass is 10.1. The van der Waals surface area contributed by atoms with Gasteiger partial charge in [-0.05, 0) is 55.6 Å². The number of halogens is 1. The van der Waals surface area contributed by atoms with E-state index in [0.29, 0.717) is 5.02 Å². The molecule has 0 aromatic heterocycles. The lowest BCUT2D eigenvalue weighted by molar-refractivity contribution is 0.298. The minimum Gasteiger partial charge on any atom is -0.497 e. The molecule has 0 heterocycles. The molecule has 26 heavy (non-hydrogen) atoms. The van der Waals surface area contributed by atoms with Crippen molar-refractivity contribution in [3.8, 4) is 5.75 Å². The number of ether oxygens (including phenoxy) is 1. The van der Waals surface area contributed by atoms with Gasteiger partial charge in [0, 0.05) is 23.0 Å². The molecule has 1 unspecified atom stereocenters. The molecule has 2 rings (SSSR count). The van der Waals surface area contributed by atoms with Gasteiger partial charge in [-0.25, -0.2) is 13.1 Å². The molecular weight excluding hydrogens is 372 g/mol. The molecule has 0 aliphatic heterocycles. The zero-order valence-electron chi connectivity index (χ0n) is 15.0. The van der Waals surface area contributed by atoms with Gasteiger partial charge in [-0.1, -0.05) is 35.9 Å². The van der Waals surface area contributed by atoms with E-state index in [9.17, 15) is 8.42 Å². The molecule has 0 amide bonds. The van der Waals surface area contributed by atoms with E-state index in [0.717, 1.165) is 22.3 Å². The predicted molar refractivity (Wildman–Crippen MR) is 107 cm³/mol. The average Bonchev–Trinajstić information content (AvgIpc) is 2.61. The SMILES string of the molecule is COc1cccc(C(CNS(=O)(=O)/C=C/c2ccc(Cl)cc2)N(C)C)c1. The van der Waals surface area contributed by atoms with Crippen molar-refractivity contribution in [2.45, 2.75) is 6.04 Å². The summed E-state index contributed by atoms with van der Waals surface area (Å²) in [7, 11) is 1.85. The number of rotatable bonds is 8. The Bertz CT molecular complexity index is 849. The Morgan fingerprint density at radius 2 is 1.88 bits per heavy atom. The number of likely N-dealkylation sites (N-methyl/N-ethyl adjacent to an activating group) is 1. The van der Waals surface area contributed by atoms with Crippen LogP contribution in [0, 0.1) is 0 Å². The maximum absolute atomic E-state index is 12.3. The molecule has 0 spiro atoms. The van der Waals surface area contributed by atoms with Crippen molar-refractivity contribution in [1.29, 1.82) is 0 Å². The quantitative estimate of drug-likeness (QED) is 0.743. The van der Waals surface area contributed by atoms with E-state index in [4.69, 9.17) is 16.3 Å². The van der Waals surface area contributed by atoms with Gasteiger partial charge in [0.15, 0.2) is 0 Å². The summed E-state index contributed by atoms with van der Waals surface area (Å²) in [6.45, 7) is 0.244. The Balaban J connectivity index is 2.08. The number of sulfonamides is 1. The highest BCUT2D eigenvalue weighted by Gasteiger charge is 2.17. The third kappa shape index (κ3) is 6.14.